The highest BCUT2D eigenvalue weighted by molar-refractivity contribution is 5.42. The van der Waals surface area contributed by atoms with Gasteiger partial charge in [0.25, 0.3) is 0 Å². The number of aliphatic hydroxyl groups excluding tert-OH is 1. The van der Waals surface area contributed by atoms with E-state index < -0.39 is 0 Å². The molecule has 0 bridgehead atoms. The largest absolute Gasteiger partial charge is 0.388 e. The van der Waals surface area contributed by atoms with Gasteiger partial charge in [-0.2, -0.15) is 0 Å². The zero-order valence-electron chi connectivity index (χ0n) is 9.13. The van der Waals surface area contributed by atoms with E-state index in [0.29, 0.717) is 0 Å². The molecule has 0 radical (unpaired) electrons. The van der Waals surface area contributed by atoms with Crippen LogP contribution in [0.3, 0.4) is 0 Å². The van der Waals surface area contributed by atoms with Crippen LogP contribution in [0, 0.1) is 0 Å². The molecule has 0 saturated carbocycles. The number of rotatable bonds is 0. The Labute approximate surface area is 91.1 Å². The minimum atomic E-state index is -0.194. The second-order valence-electron chi connectivity index (χ2n) is 4.93. The van der Waals surface area contributed by atoms with Gasteiger partial charge < -0.3 is 5.11 Å². The molecule has 80 valence electrons. The second kappa shape index (κ2) is 3.64. The van der Waals surface area contributed by atoms with Crippen LogP contribution >= 0.6 is 0 Å². The van der Waals surface area contributed by atoms with Crippen molar-refractivity contribution in [3.63, 3.8) is 0 Å². The Morgan fingerprint density at radius 1 is 0.867 bits per heavy atom. The van der Waals surface area contributed by atoms with Crippen LogP contribution in [0.1, 0.15) is 54.0 Å². The van der Waals surface area contributed by atoms with Gasteiger partial charge in [-0.1, -0.05) is 12.1 Å². The van der Waals surface area contributed by atoms with Gasteiger partial charge in [-0.3, -0.25) is 0 Å². The van der Waals surface area contributed by atoms with Gasteiger partial charge in [0.1, 0.15) is 0 Å². The molecule has 1 nitrogen and oxygen atoms in total. The van der Waals surface area contributed by atoms with Crippen LogP contribution in [0.15, 0.2) is 12.1 Å². The summed E-state index contributed by atoms with van der Waals surface area (Å²) in [7, 11) is 0. The Morgan fingerprint density at radius 2 is 1.53 bits per heavy atom. The highest BCUT2D eigenvalue weighted by Gasteiger charge is 2.20. The summed E-state index contributed by atoms with van der Waals surface area (Å²) in [5, 5.41) is 9.96. The van der Waals surface area contributed by atoms with Crippen molar-refractivity contribution in [2.24, 2.45) is 0 Å². The first-order valence-corrected chi connectivity index (χ1v) is 6.17. The minimum absolute atomic E-state index is 0.194. The Morgan fingerprint density at radius 3 is 2.33 bits per heavy atom. The average molecular weight is 202 g/mol. The van der Waals surface area contributed by atoms with Crippen LogP contribution < -0.4 is 0 Å². The van der Waals surface area contributed by atoms with E-state index in [9.17, 15) is 5.11 Å². The Kier molecular flexibility index (Phi) is 2.28. The van der Waals surface area contributed by atoms with E-state index in [0.717, 1.165) is 12.8 Å². The molecule has 3 rings (SSSR count). The van der Waals surface area contributed by atoms with Gasteiger partial charge in [-0.05, 0) is 67.2 Å². The highest BCUT2D eigenvalue weighted by atomic mass is 16.3. The smallest absolute Gasteiger partial charge is 0.0792 e. The molecule has 15 heavy (non-hydrogen) atoms. The fourth-order valence-electron chi connectivity index (χ4n) is 3.02. The first kappa shape index (κ1) is 9.41. The average Bonchev–Trinajstić information content (AvgIpc) is 2.27. The van der Waals surface area contributed by atoms with Gasteiger partial charge >= 0.3 is 0 Å². The minimum Gasteiger partial charge on any atom is -0.388 e. The van der Waals surface area contributed by atoms with E-state index in [1.54, 1.807) is 5.56 Å². The maximum absolute atomic E-state index is 9.96. The fourth-order valence-corrected chi connectivity index (χ4v) is 3.02. The van der Waals surface area contributed by atoms with Crippen molar-refractivity contribution in [3.8, 4) is 0 Å². The van der Waals surface area contributed by atoms with Crippen molar-refractivity contribution in [1.82, 2.24) is 0 Å². The van der Waals surface area contributed by atoms with Crippen molar-refractivity contribution < 1.29 is 5.11 Å². The lowest BCUT2D eigenvalue weighted by Crippen LogP contribution is -2.13. The van der Waals surface area contributed by atoms with Gasteiger partial charge in [0.05, 0.1) is 6.10 Å². The zero-order valence-corrected chi connectivity index (χ0v) is 9.13. The van der Waals surface area contributed by atoms with Gasteiger partial charge in [-0.15, -0.1) is 0 Å². The summed E-state index contributed by atoms with van der Waals surface area (Å²) in [5.41, 5.74) is 5.69. The molecule has 0 fully saturated rings. The Bertz CT molecular complexity index is 381. The second-order valence-corrected chi connectivity index (χ2v) is 4.93. The summed E-state index contributed by atoms with van der Waals surface area (Å²) in [5.74, 6) is 0. The van der Waals surface area contributed by atoms with E-state index in [-0.39, 0.29) is 6.10 Å². The standard InChI is InChI=1S/C14H18O/c15-14-7-3-6-12-8-10-4-1-2-5-11(10)9-13(12)14/h8-9,14-15H,1-7H2/t14-/m1/s1. The lowest BCUT2D eigenvalue weighted by molar-refractivity contribution is 0.156. The van der Waals surface area contributed by atoms with E-state index in [1.165, 1.54) is 48.8 Å². The van der Waals surface area contributed by atoms with Gasteiger partial charge in [0, 0.05) is 0 Å². The number of aryl methyl sites for hydroxylation is 3. The maximum atomic E-state index is 9.96. The molecule has 2 aliphatic rings. The topological polar surface area (TPSA) is 20.2 Å². The molecule has 1 N–H and O–H groups in total. The molecule has 0 spiro atoms. The number of hydrogen-bond acceptors (Lipinski definition) is 1. The molecule has 0 amide bonds. The molecule has 1 aromatic rings. The molecule has 1 atom stereocenters. The summed E-state index contributed by atoms with van der Waals surface area (Å²) in [6.07, 6.45) is 8.20. The summed E-state index contributed by atoms with van der Waals surface area (Å²) >= 11 is 0. The van der Waals surface area contributed by atoms with Crippen LogP contribution in [0.4, 0.5) is 0 Å². The van der Waals surface area contributed by atoms with Crippen molar-refractivity contribution >= 4 is 0 Å². The number of aliphatic hydroxyl groups is 1. The van der Waals surface area contributed by atoms with Gasteiger partial charge in [-0.25, -0.2) is 0 Å². The predicted molar refractivity (Wildman–Crippen MR) is 61.0 cm³/mol. The van der Waals surface area contributed by atoms with Crippen LogP contribution in [0.5, 0.6) is 0 Å². The van der Waals surface area contributed by atoms with Crippen molar-refractivity contribution in [2.75, 3.05) is 0 Å². The van der Waals surface area contributed by atoms with Crippen molar-refractivity contribution in [3.05, 3.63) is 34.4 Å². The quantitative estimate of drug-likeness (QED) is 0.685. The third-order valence-electron chi connectivity index (χ3n) is 3.89. The summed E-state index contributed by atoms with van der Waals surface area (Å²) in [6.45, 7) is 0. The molecule has 2 aliphatic carbocycles. The Hall–Kier alpha value is -0.820. The van der Waals surface area contributed by atoms with E-state index in [4.69, 9.17) is 0 Å². The van der Waals surface area contributed by atoms with Crippen LogP contribution in [0.25, 0.3) is 0 Å². The first-order valence-electron chi connectivity index (χ1n) is 6.17. The lowest BCUT2D eigenvalue weighted by atomic mass is 9.82. The first-order chi connectivity index (χ1) is 7.34. The van der Waals surface area contributed by atoms with Gasteiger partial charge in [0.15, 0.2) is 0 Å². The summed E-state index contributed by atoms with van der Waals surface area (Å²) in [4.78, 5) is 0. The molecule has 1 heteroatoms. The zero-order chi connectivity index (χ0) is 10.3. The maximum Gasteiger partial charge on any atom is 0.0792 e. The summed E-state index contributed by atoms with van der Waals surface area (Å²) < 4.78 is 0. The number of hydrogen-bond donors (Lipinski definition) is 1. The SMILES string of the molecule is O[C@@H]1CCCc2cc3c(cc21)CCCC3. The molecule has 0 unspecified atom stereocenters. The number of fused-ring (bicyclic) bond motifs is 2. The molecular formula is C14H18O. The van der Waals surface area contributed by atoms with E-state index >= 15 is 0 Å². The van der Waals surface area contributed by atoms with E-state index in [2.05, 4.69) is 12.1 Å². The summed E-state index contributed by atoms with van der Waals surface area (Å²) in [6, 6.07) is 4.65. The van der Waals surface area contributed by atoms with E-state index in [1.807, 2.05) is 0 Å². The monoisotopic (exact) mass is 202 g/mol. The normalized spacial score (nSPS) is 24.5. The lowest BCUT2D eigenvalue weighted by Gasteiger charge is -2.25. The molecule has 0 aromatic heterocycles. The third kappa shape index (κ3) is 1.59. The predicted octanol–water partition coefficient (Wildman–Crippen LogP) is 2.94. The van der Waals surface area contributed by atoms with Crippen LogP contribution in [-0.4, -0.2) is 5.11 Å². The highest BCUT2D eigenvalue weighted by Crippen LogP contribution is 2.34. The van der Waals surface area contributed by atoms with Crippen molar-refractivity contribution in [1.29, 1.82) is 0 Å². The molecule has 0 aliphatic heterocycles. The molecule has 0 saturated heterocycles. The Balaban J connectivity index is 2.08. The number of benzene rings is 1. The molecular weight excluding hydrogens is 184 g/mol. The molecule has 1 aromatic carbocycles. The van der Waals surface area contributed by atoms with Crippen LogP contribution in [-0.2, 0) is 19.3 Å². The third-order valence-corrected chi connectivity index (χ3v) is 3.89. The van der Waals surface area contributed by atoms with Crippen LogP contribution in [0.2, 0.25) is 0 Å². The van der Waals surface area contributed by atoms with Gasteiger partial charge in [0.2, 0.25) is 0 Å². The molecule has 0 heterocycles. The fraction of sp³-hybridized carbons (Fsp3) is 0.571. The van der Waals surface area contributed by atoms with Crippen molar-refractivity contribution in [2.45, 2.75) is 51.0 Å².